The zero-order valence-corrected chi connectivity index (χ0v) is 15.9. The Bertz CT molecular complexity index is 762. The third kappa shape index (κ3) is 3.63. The van der Waals surface area contributed by atoms with E-state index in [4.69, 9.17) is 4.74 Å². The third-order valence-corrected chi connectivity index (χ3v) is 6.43. The van der Waals surface area contributed by atoms with E-state index in [1.807, 2.05) is 12.1 Å². The Kier molecular flexibility index (Phi) is 5.24. The number of anilines is 2. The van der Waals surface area contributed by atoms with Crippen LogP contribution in [0.5, 0.6) is 5.75 Å². The number of methoxy groups -OCH3 is 1. The van der Waals surface area contributed by atoms with Crippen molar-refractivity contribution in [1.29, 1.82) is 0 Å². The number of piperazine rings is 1. The van der Waals surface area contributed by atoms with Crippen LogP contribution in [0.15, 0.2) is 47.4 Å². The second-order valence-electron chi connectivity index (χ2n) is 6.75. The molecule has 2 aromatic rings. The number of nitrogens with one attached hydrogen (secondary N) is 1. The molecule has 0 bridgehead atoms. The van der Waals surface area contributed by atoms with Crippen LogP contribution in [-0.2, 0) is 17.6 Å². The SMILES string of the molecule is COc1ccccc1N1CCN(CCc2ccc3c(c2)[S+]([O-])CN3)CC1. The summed E-state index contributed by atoms with van der Waals surface area (Å²) in [6.45, 7) is 5.17. The second kappa shape index (κ2) is 7.78. The lowest BCUT2D eigenvalue weighted by atomic mass is 10.1. The number of rotatable bonds is 5. The molecule has 6 heteroatoms. The van der Waals surface area contributed by atoms with Gasteiger partial charge in [-0.15, -0.1) is 0 Å². The molecule has 1 unspecified atom stereocenters. The first-order valence-corrected chi connectivity index (χ1v) is 10.4. The van der Waals surface area contributed by atoms with Gasteiger partial charge in [0.25, 0.3) is 0 Å². The molecular formula is C20H25N3O2S. The summed E-state index contributed by atoms with van der Waals surface area (Å²) in [5, 5.41) is 3.19. The van der Waals surface area contributed by atoms with Gasteiger partial charge < -0.3 is 19.5 Å². The summed E-state index contributed by atoms with van der Waals surface area (Å²) in [6.07, 6.45) is 0.999. The van der Waals surface area contributed by atoms with E-state index in [0.29, 0.717) is 5.88 Å². The van der Waals surface area contributed by atoms with Crippen LogP contribution in [0.25, 0.3) is 0 Å². The standard InChI is InChI=1S/C20H25N3O2S/c1-25-19-5-3-2-4-18(19)23-12-10-22(11-13-23)9-8-16-6-7-17-20(14-16)26(24)15-21-17/h2-7,14,21H,8-13,15H2,1H3. The summed E-state index contributed by atoms with van der Waals surface area (Å²) in [5.41, 5.74) is 3.48. The van der Waals surface area contributed by atoms with E-state index in [1.165, 1.54) is 11.3 Å². The minimum atomic E-state index is -0.889. The van der Waals surface area contributed by atoms with Gasteiger partial charge in [0.2, 0.25) is 0 Å². The lowest BCUT2D eigenvalue weighted by molar-refractivity contribution is 0.260. The van der Waals surface area contributed by atoms with Crippen molar-refractivity contribution in [2.75, 3.05) is 55.9 Å². The first-order chi connectivity index (χ1) is 12.7. The number of fused-ring (bicyclic) bond motifs is 1. The number of hydrogen-bond acceptors (Lipinski definition) is 5. The minimum Gasteiger partial charge on any atom is -0.610 e. The maximum Gasteiger partial charge on any atom is 0.181 e. The average molecular weight is 372 g/mol. The van der Waals surface area contributed by atoms with E-state index in [2.05, 4.69) is 45.4 Å². The molecule has 5 nitrogen and oxygen atoms in total. The molecule has 2 aromatic carbocycles. The maximum atomic E-state index is 12.0. The fraction of sp³-hybridized carbons (Fsp3) is 0.400. The monoisotopic (exact) mass is 371 g/mol. The van der Waals surface area contributed by atoms with Gasteiger partial charge in [-0.2, -0.15) is 0 Å². The molecule has 0 amide bonds. The molecule has 0 spiro atoms. The summed E-state index contributed by atoms with van der Waals surface area (Å²) < 4.78 is 17.5. The highest BCUT2D eigenvalue weighted by molar-refractivity contribution is 7.92. The number of hydrogen-bond donors (Lipinski definition) is 1. The summed E-state index contributed by atoms with van der Waals surface area (Å²) in [7, 11) is 1.73. The lowest BCUT2D eigenvalue weighted by Gasteiger charge is -2.36. The molecule has 1 saturated heterocycles. The Morgan fingerprint density at radius 3 is 2.73 bits per heavy atom. The number of benzene rings is 2. The van der Waals surface area contributed by atoms with E-state index in [1.54, 1.807) is 7.11 Å². The molecule has 4 rings (SSSR count). The molecule has 1 atom stereocenters. The highest BCUT2D eigenvalue weighted by Crippen LogP contribution is 2.30. The van der Waals surface area contributed by atoms with Gasteiger partial charge in [-0.1, -0.05) is 18.2 Å². The molecule has 0 aromatic heterocycles. The first kappa shape index (κ1) is 17.5. The summed E-state index contributed by atoms with van der Waals surface area (Å²) in [5.74, 6) is 1.49. The molecule has 2 aliphatic heterocycles. The van der Waals surface area contributed by atoms with Crippen LogP contribution in [0.2, 0.25) is 0 Å². The normalized spacial score (nSPS) is 19.9. The molecule has 2 heterocycles. The predicted molar refractivity (Wildman–Crippen MR) is 107 cm³/mol. The Labute approximate surface area is 158 Å². The van der Waals surface area contributed by atoms with Crippen LogP contribution in [-0.4, -0.2) is 55.2 Å². The highest BCUT2D eigenvalue weighted by atomic mass is 32.2. The molecular weight excluding hydrogens is 346 g/mol. The van der Waals surface area contributed by atoms with Crippen LogP contribution >= 0.6 is 0 Å². The largest absolute Gasteiger partial charge is 0.610 e. The van der Waals surface area contributed by atoms with E-state index < -0.39 is 11.2 Å². The highest BCUT2D eigenvalue weighted by Gasteiger charge is 2.24. The van der Waals surface area contributed by atoms with Crippen molar-refractivity contribution in [3.63, 3.8) is 0 Å². The van der Waals surface area contributed by atoms with Crippen molar-refractivity contribution < 1.29 is 9.29 Å². The van der Waals surface area contributed by atoms with Gasteiger partial charge in [-0.25, -0.2) is 0 Å². The lowest BCUT2D eigenvalue weighted by Crippen LogP contribution is -2.47. The van der Waals surface area contributed by atoms with Crippen molar-refractivity contribution in [1.82, 2.24) is 4.90 Å². The van der Waals surface area contributed by atoms with E-state index in [9.17, 15) is 4.55 Å². The molecule has 1 fully saturated rings. The smallest absolute Gasteiger partial charge is 0.181 e. The summed E-state index contributed by atoms with van der Waals surface area (Å²) in [6, 6.07) is 14.6. The van der Waals surface area contributed by atoms with Crippen molar-refractivity contribution in [3.05, 3.63) is 48.0 Å². The van der Waals surface area contributed by atoms with Gasteiger partial charge in [-0.3, -0.25) is 4.90 Å². The number of para-hydroxylation sites is 2. The zero-order chi connectivity index (χ0) is 17.9. The number of ether oxygens (including phenoxy) is 1. The van der Waals surface area contributed by atoms with Crippen molar-refractivity contribution >= 4 is 22.6 Å². The maximum absolute atomic E-state index is 12.0. The molecule has 0 aliphatic carbocycles. The Hall–Kier alpha value is -1.89. The van der Waals surface area contributed by atoms with Crippen LogP contribution in [0.4, 0.5) is 11.4 Å². The van der Waals surface area contributed by atoms with Crippen LogP contribution in [0.1, 0.15) is 5.56 Å². The van der Waals surface area contributed by atoms with Gasteiger partial charge in [0.15, 0.2) is 10.8 Å². The van der Waals surface area contributed by atoms with Gasteiger partial charge in [-0.05, 0) is 36.2 Å². The molecule has 138 valence electrons. The van der Waals surface area contributed by atoms with E-state index in [-0.39, 0.29) is 0 Å². The molecule has 1 N–H and O–H groups in total. The van der Waals surface area contributed by atoms with Crippen LogP contribution < -0.4 is 15.0 Å². The van der Waals surface area contributed by atoms with Crippen molar-refractivity contribution in [2.45, 2.75) is 11.3 Å². The Balaban J connectivity index is 1.31. The third-order valence-electron chi connectivity index (χ3n) is 5.20. The summed E-state index contributed by atoms with van der Waals surface area (Å²) in [4.78, 5) is 5.87. The summed E-state index contributed by atoms with van der Waals surface area (Å²) >= 11 is -0.889. The van der Waals surface area contributed by atoms with Crippen LogP contribution in [0, 0.1) is 0 Å². The van der Waals surface area contributed by atoms with Gasteiger partial charge in [0, 0.05) is 43.9 Å². The van der Waals surface area contributed by atoms with Crippen LogP contribution in [0.3, 0.4) is 0 Å². The minimum absolute atomic E-state index is 0.545. The average Bonchev–Trinajstić information content (AvgIpc) is 3.07. The second-order valence-corrected chi connectivity index (χ2v) is 8.17. The van der Waals surface area contributed by atoms with E-state index >= 15 is 0 Å². The molecule has 0 saturated carbocycles. The van der Waals surface area contributed by atoms with Gasteiger partial charge in [0.05, 0.1) is 18.5 Å². The quantitative estimate of drug-likeness (QED) is 0.819. The van der Waals surface area contributed by atoms with Crippen molar-refractivity contribution in [3.8, 4) is 5.75 Å². The first-order valence-electron chi connectivity index (χ1n) is 9.10. The molecule has 26 heavy (non-hydrogen) atoms. The molecule has 0 radical (unpaired) electrons. The zero-order valence-electron chi connectivity index (χ0n) is 15.1. The van der Waals surface area contributed by atoms with Gasteiger partial charge in [0.1, 0.15) is 5.75 Å². The fourth-order valence-corrected chi connectivity index (χ4v) is 4.78. The Morgan fingerprint density at radius 2 is 1.92 bits per heavy atom. The van der Waals surface area contributed by atoms with Gasteiger partial charge >= 0.3 is 0 Å². The fourth-order valence-electron chi connectivity index (χ4n) is 3.67. The Morgan fingerprint density at radius 1 is 1.12 bits per heavy atom. The predicted octanol–water partition coefficient (Wildman–Crippen LogP) is 2.55. The van der Waals surface area contributed by atoms with E-state index in [0.717, 1.165) is 55.5 Å². The molecule has 2 aliphatic rings. The topological polar surface area (TPSA) is 50.8 Å². The van der Waals surface area contributed by atoms with Crippen molar-refractivity contribution in [2.24, 2.45) is 0 Å². The number of nitrogens with zero attached hydrogens (tertiary/aromatic N) is 2.